The third kappa shape index (κ3) is 4.77. The maximum atomic E-state index is 12.6. The molecule has 0 unspecified atom stereocenters. The standard InChI is InChI=1S/C13H16F3NO/c1-2-3-6-9-18-17-10-11-7-4-5-8-12(11)13(14,15)16/h4-5,7-8,10H,2-3,6,9H2,1H3. The van der Waals surface area contributed by atoms with Gasteiger partial charge in [0.15, 0.2) is 0 Å². The van der Waals surface area contributed by atoms with Gasteiger partial charge >= 0.3 is 6.18 Å². The molecule has 0 bridgehead atoms. The van der Waals surface area contributed by atoms with E-state index < -0.39 is 11.7 Å². The van der Waals surface area contributed by atoms with Gasteiger partial charge in [0, 0.05) is 5.56 Å². The molecule has 18 heavy (non-hydrogen) atoms. The monoisotopic (exact) mass is 259 g/mol. The second-order valence-electron chi connectivity index (χ2n) is 3.86. The molecule has 0 saturated carbocycles. The van der Waals surface area contributed by atoms with Crippen molar-refractivity contribution >= 4 is 6.21 Å². The van der Waals surface area contributed by atoms with Crippen molar-refractivity contribution in [2.75, 3.05) is 6.61 Å². The van der Waals surface area contributed by atoms with Gasteiger partial charge in [-0.3, -0.25) is 0 Å². The number of unbranched alkanes of at least 4 members (excludes halogenated alkanes) is 2. The molecule has 0 heterocycles. The Morgan fingerprint density at radius 3 is 2.61 bits per heavy atom. The third-order valence-electron chi connectivity index (χ3n) is 2.37. The fourth-order valence-corrected chi connectivity index (χ4v) is 1.43. The lowest BCUT2D eigenvalue weighted by atomic mass is 10.1. The summed E-state index contributed by atoms with van der Waals surface area (Å²) >= 11 is 0. The van der Waals surface area contributed by atoms with Crippen molar-refractivity contribution in [2.45, 2.75) is 32.4 Å². The third-order valence-corrected chi connectivity index (χ3v) is 2.37. The van der Waals surface area contributed by atoms with E-state index in [1.807, 2.05) is 0 Å². The topological polar surface area (TPSA) is 21.6 Å². The van der Waals surface area contributed by atoms with Gasteiger partial charge in [-0.1, -0.05) is 43.1 Å². The molecule has 100 valence electrons. The Morgan fingerprint density at radius 1 is 1.22 bits per heavy atom. The highest BCUT2D eigenvalue weighted by molar-refractivity contribution is 5.81. The van der Waals surface area contributed by atoms with Gasteiger partial charge in [-0.05, 0) is 12.5 Å². The van der Waals surface area contributed by atoms with Gasteiger partial charge < -0.3 is 4.84 Å². The molecule has 0 amide bonds. The van der Waals surface area contributed by atoms with Crippen molar-refractivity contribution in [1.82, 2.24) is 0 Å². The van der Waals surface area contributed by atoms with Gasteiger partial charge in [0.05, 0.1) is 11.8 Å². The van der Waals surface area contributed by atoms with E-state index in [2.05, 4.69) is 12.1 Å². The van der Waals surface area contributed by atoms with Gasteiger partial charge in [0.1, 0.15) is 6.61 Å². The summed E-state index contributed by atoms with van der Waals surface area (Å²) in [6, 6.07) is 5.27. The molecule has 0 fully saturated rings. The molecular formula is C13H16F3NO. The molecule has 1 aromatic carbocycles. The minimum absolute atomic E-state index is 0.0143. The smallest absolute Gasteiger partial charge is 0.396 e. The fraction of sp³-hybridized carbons (Fsp3) is 0.462. The molecule has 0 atom stereocenters. The largest absolute Gasteiger partial charge is 0.417 e. The molecule has 2 nitrogen and oxygen atoms in total. The van der Waals surface area contributed by atoms with E-state index in [0.29, 0.717) is 6.61 Å². The highest BCUT2D eigenvalue weighted by atomic mass is 19.4. The Bertz CT molecular complexity index is 388. The van der Waals surface area contributed by atoms with Gasteiger partial charge in [-0.15, -0.1) is 0 Å². The van der Waals surface area contributed by atoms with Crippen LogP contribution in [0.4, 0.5) is 13.2 Å². The lowest BCUT2D eigenvalue weighted by Gasteiger charge is -2.08. The lowest BCUT2D eigenvalue weighted by molar-refractivity contribution is -0.137. The van der Waals surface area contributed by atoms with Crippen LogP contribution in [-0.4, -0.2) is 12.8 Å². The Morgan fingerprint density at radius 2 is 1.94 bits per heavy atom. The van der Waals surface area contributed by atoms with Crippen molar-refractivity contribution in [3.05, 3.63) is 35.4 Å². The normalized spacial score (nSPS) is 12.0. The molecule has 0 saturated heterocycles. The number of nitrogens with zero attached hydrogens (tertiary/aromatic N) is 1. The van der Waals surface area contributed by atoms with Crippen LogP contribution in [0.2, 0.25) is 0 Å². The first-order valence-corrected chi connectivity index (χ1v) is 5.87. The first kappa shape index (κ1) is 14.5. The molecule has 0 aliphatic heterocycles. The summed E-state index contributed by atoms with van der Waals surface area (Å²) in [6.07, 6.45) is -0.326. The first-order valence-electron chi connectivity index (χ1n) is 5.87. The summed E-state index contributed by atoms with van der Waals surface area (Å²) in [5.41, 5.74) is -0.689. The zero-order valence-electron chi connectivity index (χ0n) is 10.2. The van der Waals surface area contributed by atoms with Crippen molar-refractivity contribution in [3.8, 4) is 0 Å². The molecule has 0 spiro atoms. The Balaban J connectivity index is 2.59. The van der Waals surface area contributed by atoms with E-state index >= 15 is 0 Å². The van der Waals surface area contributed by atoms with E-state index in [9.17, 15) is 13.2 Å². The van der Waals surface area contributed by atoms with Crippen molar-refractivity contribution < 1.29 is 18.0 Å². The predicted octanol–water partition coefficient (Wildman–Crippen LogP) is 4.25. The summed E-state index contributed by atoms with van der Waals surface area (Å²) in [4.78, 5) is 4.91. The summed E-state index contributed by atoms with van der Waals surface area (Å²) in [7, 11) is 0. The molecule has 0 aliphatic rings. The first-order chi connectivity index (χ1) is 8.55. The minimum atomic E-state index is -4.37. The maximum Gasteiger partial charge on any atom is 0.417 e. The fourth-order valence-electron chi connectivity index (χ4n) is 1.43. The molecule has 1 rings (SSSR count). The Labute approximate surface area is 104 Å². The minimum Gasteiger partial charge on any atom is -0.396 e. The van der Waals surface area contributed by atoms with Crippen LogP contribution < -0.4 is 0 Å². The quantitative estimate of drug-likeness (QED) is 0.425. The molecule has 0 N–H and O–H groups in total. The van der Waals surface area contributed by atoms with Crippen molar-refractivity contribution in [2.24, 2.45) is 5.16 Å². The lowest BCUT2D eigenvalue weighted by Crippen LogP contribution is -2.08. The molecule has 0 radical (unpaired) electrons. The second kappa shape index (κ2) is 7.03. The van der Waals surface area contributed by atoms with Gasteiger partial charge in [0.2, 0.25) is 0 Å². The molecule has 5 heteroatoms. The number of halogens is 3. The molecule has 0 aromatic heterocycles. The van der Waals surface area contributed by atoms with Crippen LogP contribution in [0.3, 0.4) is 0 Å². The van der Waals surface area contributed by atoms with Gasteiger partial charge in [0.25, 0.3) is 0 Å². The number of benzene rings is 1. The second-order valence-corrected chi connectivity index (χ2v) is 3.86. The average Bonchev–Trinajstić information content (AvgIpc) is 2.33. The predicted molar refractivity (Wildman–Crippen MR) is 64.5 cm³/mol. The van der Waals surface area contributed by atoms with Crippen LogP contribution in [0, 0.1) is 0 Å². The van der Waals surface area contributed by atoms with E-state index in [-0.39, 0.29) is 5.56 Å². The van der Waals surface area contributed by atoms with E-state index in [4.69, 9.17) is 4.84 Å². The maximum absolute atomic E-state index is 12.6. The molecular weight excluding hydrogens is 243 g/mol. The Kier molecular flexibility index (Phi) is 5.68. The summed E-state index contributed by atoms with van der Waals surface area (Å²) in [5, 5.41) is 3.56. The zero-order valence-corrected chi connectivity index (χ0v) is 10.2. The van der Waals surface area contributed by atoms with Crippen LogP contribution in [-0.2, 0) is 11.0 Å². The summed E-state index contributed by atoms with van der Waals surface area (Å²) < 4.78 is 37.9. The van der Waals surface area contributed by atoms with Crippen LogP contribution in [0.5, 0.6) is 0 Å². The van der Waals surface area contributed by atoms with Crippen LogP contribution in [0.25, 0.3) is 0 Å². The van der Waals surface area contributed by atoms with Crippen LogP contribution >= 0.6 is 0 Å². The van der Waals surface area contributed by atoms with Crippen LogP contribution in [0.1, 0.15) is 37.3 Å². The summed E-state index contributed by atoms with van der Waals surface area (Å²) in [6.45, 7) is 2.49. The highest BCUT2D eigenvalue weighted by Gasteiger charge is 2.32. The number of oxime groups is 1. The number of alkyl halides is 3. The number of hydrogen-bond donors (Lipinski definition) is 0. The zero-order chi connectivity index (χ0) is 13.4. The van der Waals surface area contributed by atoms with Crippen molar-refractivity contribution in [3.63, 3.8) is 0 Å². The van der Waals surface area contributed by atoms with Crippen LogP contribution in [0.15, 0.2) is 29.4 Å². The summed E-state index contributed by atoms with van der Waals surface area (Å²) in [5.74, 6) is 0. The van der Waals surface area contributed by atoms with E-state index in [0.717, 1.165) is 31.5 Å². The van der Waals surface area contributed by atoms with Crippen molar-refractivity contribution in [1.29, 1.82) is 0 Å². The van der Waals surface area contributed by atoms with E-state index in [1.165, 1.54) is 18.2 Å². The highest BCUT2D eigenvalue weighted by Crippen LogP contribution is 2.31. The molecule has 0 aliphatic carbocycles. The van der Waals surface area contributed by atoms with Gasteiger partial charge in [-0.25, -0.2) is 0 Å². The van der Waals surface area contributed by atoms with E-state index in [1.54, 1.807) is 0 Å². The Hall–Kier alpha value is -1.52. The average molecular weight is 259 g/mol. The number of hydrogen-bond acceptors (Lipinski definition) is 2. The van der Waals surface area contributed by atoms with Gasteiger partial charge in [-0.2, -0.15) is 13.2 Å². The number of rotatable bonds is 6. The molecule has 1 aromatic rings. The SMILES string of the molecule is CCCCCON=Cc1ccccc1C(F)(F)F.